The van der Waals surface area contributed by atoms with Gasteiger partial charge in [-0.1, -0.05) is 0 Å². The molecule has 0 saturated carbocycles. The molecule has 0 aromatic heterocycles. The second-order valence-electron chi connectivity index (χ2n) is 3.70. The molecule has 0 atom stereocenters. The van der Waals surface area contributed by atoms with E-state index in [9.17, 15) is 24.1 Å². The molecule has 7 nitrogen and oxygen atoms in total. The second-order valence-corrected chi connectivity index (χ2v) is 3.70. The summed E-state index contributed by atoms with van der Waals surface area (Å²) in [6.45, 7) is 1.19. The summed E-state index contributed by atoms with van der Waals surface area (Å²) in [5.41, 5.74) is -0.711. The number of halogens is 1. The van der Waals surface area contributed by atoms with Gasteiger partial charge in [0.2, 0.25) is 11.7 Å². The SMILES string of the molecule is COC(=O)/C(=C/c1ccc([N+](=O)[O-])c(F)c1)NC(C)=O. The van der Waals surface area contributed by atoms with Crippen LogP contribution >= 0.6 is 0 Å². The van der Waals surface area contributed by atoms with E-state index in [1.54, 1.807) is 0 Å². The van der Waals surface area contributed by atoms with Gasteiger partial charge in [0.25, 0.3) is 0 Å². The van der Waals surface area contributed by atoms with E-state index in [1.165, 1.54) is 13.0 Å². The molecule has 0 spiro atoms. The molecule has 1 amide bonds. The number of rotatable bonds is 4. The molecule has 0 heterocycles. The molecule has 0 unspecified atom stereocenters. The Morgan fingerprint density at radius 1 is 1.45 bits per heavy atom. The first-order valence-electron chi connectivity index (χ1n) is 5.36. The van der Waals surface area contributed by atoms with Crippen LogP contribution in [0.25, 0.3) is 6.08 Å². The Balaban J connectivity index is 3.17. The van der Waals surface area contributed by atoms with Crippen molar-refractivity contribution in [2.75, 3.05) is 7.11 Å². The molecule has 0 saturated heterocycles. The molecule has 0 aliphatic heterocycles. The summed E-state index contributed by atoms with van der Waals surface area (Å²) in [7, 11) is 1.12. The zero-order chi connectivity index (χ0) is 15.3. The largest absolute Gasteiger partial charge is 0.464 e. The van der Waals surface area contributed by atoms with Gasteiger partial charge in [0.1, 0.15) is 5.70 Å². The maximum absolute atomic E-state index is 13.4. The topological polar surface area (TPSA) is 98.5 Å². The monoisotopic (exact) mass is 282 g/mol. The number of nitro groups is 1. The van der Waals surface area contributed by atoms with E-state index < -0.39 is 28.3 Å². The highest BCUT2D eigenvalue weighted by Crippen LogP contribution is 2.19. The van der Waals surface area contributed by atoms with Gasteiger partial charge in [-0.2, -0.15) is 4.39 Å². The van der Waals surface area contributed by atoms with Gasteiger partial charge in [-0.25, -0.2) is 4.79 Å². The van der Waals surface area contributed by atoms with Crippen LogP contribution in [0.4, 0.5) is 10.1 Å². The molecule has 0 radical (unpaired) electrons. The smallest absolute Gasteiger partial charge is 0.354 e. The van der Waals surface area contributed by atoms with Crippen molar-refractivity contribution < 1.29 is 23.6 Å². The molecule has 0 bridgehead atoms. The molecule has 1 rings (SSSR count). The Labute approximate surface area is 113 Å². The Morgan fingerprint density at radius 2 is 2.10 bits per heavy atom. The van der Waals surface area contributed by atoms with Gasteiger partial charge in [-0.3, -0.25) is 14.9 Å². The van der Waals surface area contributed by atoms with E-state index in [0.29, 0.717) is 0 Å². The highest BCUT2D eigenvalue weighted by Gasteiger charge is 2.15. The van der Waals surface area contributed by atoms with Crippen LogP contribution in [0.3, 0.4) is 0 Å². The lowest BCUT2D eigenvalue weighted by atomic mass is 10.1. The summed E-state index contributed by atoms with van der Waals surface area (Å²) in [6.07, 6.45) is 1.15. The number of nitrogens with zero attached hydrogens (tertiary/aromatic N) is 1. The molecule has 1 aromatic rings. The highest BCUT2D eigenvalue weighted by molar-refractivity contribution is 5.97. The number of methoxy groups -OCH3 is 1. The molecule has 20 heavy (non-hydrogen) atoms. The predicted molar refractivity (Wildman–Crippen MR) is 66.9 cm³/mol. The molecule has 106 valence electrons. The number of amides is 1. The lowest BCUT2D eigenvalue weighted by Gasteiger charge is -2.06. The van der Waals surface area contributed by atoms with E-state index in [-0.39, 0.29) is 11.3 Å². The zero-order valence-corrected chi connectivity index (χ0v) is 10.7. The van der Waals surface area contributed by atoms with Gasteiger partial charge in [-0.15, -0.1) is 0 Å². The lowest BCUT2D eigenvalue weighted by molar-refractivity contribution is -0.387. The molecule has 8 heteroatoms. The predicted octanol–water partition coefficient (Wildman–Crippen LogP) is 1.38. The van der Waals surface area contributed by atoms with Crippen molar-refractivity contribution in [2.45, 2.75) is 6.92 Å². The molecule has 1 aromatic carbocycles. The van der Waals surface area contributed by atoms with E-state index in [4.69, 9.17) is 0 Å². The van der Waals surface area contributed by atoms with E-state index >= 15 is 0 Å². The van der Waals surface area contributed by atoms with Crippen LogP contribution in [0.1, 0.15) is 12.5 Å². The summed E-state index contributed by atoms with van der Waals surface area (Å²) < 4.78 is 17.9. The quantitative estimate of drug-likeness (QED) is 0.389. The van der Waals surface area contributed by atoms with E-state index in [2.05, 4.69) is 10.1 Å². The number of hydrogen-bond donors (Lipinski definition) is 1. The van der Waals surface area contributed by atoms with Crippen LogP contribution in [0, 0.1) is 15.9 Å². The van der Waals surface area contributed by atoms with Crippen LogP contribution in [0.15, 0.2) is 23.9 Å². The summed E-state index contributed by atoms with van der Waals surface area (Å²) in [5.74, 6) is -2.38. The maximum Gasteiger partial charge on any atom is 0.354 e. The van der Waals surface area contributed by atoms with Gasteiger partial charge >= 0.3 is 11.7 Å². The molecule has 0 aliphatic carbocycles. The molecular formula is C12H11FN2O5. The molecule has 0 fully saturated rings. The number of ether oxygens (including phenoxy) is 1. The summed E-state index contributed by atoms with van der Waals surface area (Å²) in [5, 5.41) is 12.7. The van der Waals surface area contributed by atoms with Crippen LogP contribution in [0.2, 0.25) is 0 Å². The number of hydrogen-bond acceptors (Lipinski definition) is 5. The fourth-order valence-corrected chi connectivity index (χ4v) is 1.37. The van der Waals surface area contributed by atoms with Crippen molar-refractivity contribution in [1.29, 1.82) is 0 Å². The van der Waals surface area contributed by atoms with Crippen LogP contribution in [-0.4, -0.2) is 23.9 Å². The van der Waals surface area contributed by atoms with Crippen molar-refractivity contribution in [3.05, 3.63) is 45.4 Å². The minimum absolute atomic E-state index is 0.169. The lowest BCUT2D eigenvalue weighted by Crippen LogP contribution is -2.25. The van der Waals surface area contributed by atoms with Crippen molar-refractivity contribution in [1.82, 2.24) is 5.32 Å². The Hall–Kier alpha value is -2.77. The van der Waals surface area contributed by atoms with Crippen LogP contribution < -0.4 is 5.32 Å². The third-order valence-corrected chi connectivity index (χ3v) is 2.20. The third-order valence-electron chi connectivity index (χ3n) is 2.20. The average molecular weight is 282 g/mol. The van der Waals surface area contributed by atoms with Crippen molar-refractivity contribution in [3.8, 4) is 0 Å². The first kappa shape index (κ1) is 15.3. The highest BCUT2D eigenvalue weighted by atomic mass is 19.1. The average Bonchev–Trinajstić information content (AvgIpc) is 2.36. The van der Waals surface area contributed by atoms with Gasteiger partial charge in [-0.05, 0) is 23.8 Å². The first-order chi connectivity index (χ1) is 9.35. The summed E-state index contributed by atoms with van der Waals surface area (Å²) in [6, 6.07) is 3.08. The Kier molecular flexibility index (Phi) is 4.90. The fraction of sp³-hybridized carbons (Fsp3) is 0.167. The normalized spacial score (nSPS) is 10.8. The minimum Gasteiger partial charge on any atom is -0.464 e. The number of benzene rings is 1. The maximum atomic E-state index is 13.4. The molecular weight excluding hydrogens is 271 g/mol. The summed E-state index contributed by atoms with van der Waals surface area (Å²) >= 11 is 0. The number of esters is 1. The van der Waals surface area contributed by atoms with Gasteiger partial charge < -0.3 is 10.1 Å². The first-order valence-corrected chi connectivity index (χ1v) is 5.36. The standard InChI is InChI=1S/C12H11FN2O5/c1-7(16)14-10(12(17)20-2)6-8-3-4-11(15(18)19)9(13)5-8/h3-6H,1-2H3,(H,14,16)/b10-6-. The second kappa shape index (κ2) is 6.41. The van der Waals surface area contributed by atoms with Gasteiger partial charge in [0.15, 0.2) is 0 Å². The number of carbonyl (C=O) groups excluding carboxylic acids is 2. The summed E-state index contributed by atoms with van der Waals surface area (Å²) in [4.78, 5) is 32.0. The number of carbonyl (C=O) groups is 2. The van der Waals surface area contributed by atoms with Crippen LogP contribution in [-0.2, 0) is 14.3 Å². The Bertz CT molecular complexity index is 598. The molecule has 1 N–H and O–H groups in total. The number of nitro benzene ring substituents is 1. The van der Waals surface area contributed by atoms with Crippen molar-refractivity contribution >= 4 is 23.6 Å². The fourth-order valence-electron chi connectivity index (χ4n) is 1.37. The van der Waals surface area contributed by atoms with Gasteiger partial charge in [0.05, 0.1) is 12.0 Å². The Morgan fingerprint density at radius 3 is 2.55 bits per heavy atom. The minimum atomic E-state index is -1.05. The van der Waals surface area contributed by atoms with E-state index in [1.807, 2.05) is 0 Å². The van der Waals surface area contributed by atoms with E-state index in [0.717, 1.165) is 25.3 Å². The number of nitrogens with one attached hydrogen (secondary N) is 1. The molecule has 0 aliphatic rings. The van der Waals surface area contributed by atoms with Crippen LogP contribution in [0.5, 0.6) is 0 Å². The van der Waals surface area contributed by atoms with Crippen molar-refractivity contribution in [2.24, 2.45) is 0 Å². The van der Waals surface area contributed by atoms with Crippen molar-refractivity contribution in [3.63, 3.8) is 0 Å². The van der Waals surface area contributed by atoms with Gasteiger partial charge in [0, 0.05) is 13.0 Å². The third kappa shape index (κ3) is 3.87. The zero-order valence-electron chi connectivity index (χ0n) is 10.7.